The van der Waals surface area contributed by atoms with E-state index >= 15 is 0 Å². The standard InChI is InChI=1S/C42H26N4O/c1-3-11-28(12-4-1)39-44-40(29-13-5-2-6-14-29)46-41(45-39)30-21-19-27(20-22-30)31-23-24-34(33-16-8-7-15-32(31)33)35-25-26-43-42-38(35)36-17-9-10-18-37(36)47-42/h1-26H. The predicted molar refractivity (Wildman–Crippen MR) is 190 cm³/mol. The summed E-state index contributed by atoms with van der Waals surface area (Å²) in [4.78, 5) is 19.2. The lowest BCUT2D eigenvalue weighted by molar-refractivity contribution is 0.654. The third-order valence-corrected chi connectivity index (χ3v) is 8.65. The number of rotatable bonds is 5. The van der Waals surface area contributed by atoms with E-state index in [2.05, 4.69) is 77.8 Å². The molecule has 0 unspecified atom stereocenters. The lowest BCUT2D eigenvalue weighted by atomic mass is 9.91. The zero-order valence-corrected chi connectivity index (χ0v) is 25.2. The largest absolute Gasteiger partial charge is 0.438 e. The molecule has 0 aliphatic heterocycles. The van der Waals surface area contributed by atoms with E-state index < -0.39 is 0 Å². The average molecular weight is 603 g/mol. The monoisotopic (exact) mass is 602 g/mol. The highest BCUT2D eigenvalue weighted by Crippen LogP contribution is 2.41. The summed E-state index contributed by atoms with van der Waals surface area (Å²) >= 11 is 0. The van der Waals surface area contributed by atoms with Crippen LogP contribution in [0.5, 0.6) is 0 Å². The maximum atomic E-state index is 6.11. The molecule has 6 aromatic carbocycles. The van der Waals surface area contributed by atoms with Crippen LogP contribution in [0.15, 0.2) is 162 Å². The maximum Gasteiger partial charge on any atom is 0.227 e. The minimum Gasteiger partial charge on any atom is -0.438 e. The number of furan rings is 1. The summed E-state index contributed by atoms with van der Waals surface area (Å²) in [5.74, 6) is 1.94. The Labute approximate surface area is 270 Å². The summed E-state index contributed by atoms with van der Waals surface area (Å²) in [5.41, 5.74) is 8.85. The minimum absolute atomic E-state index is 0.638. The number of nitrogens with zero attached hydrogens (tertiary/aromatic N) is 4. The molecule has 0 N–H and O–H groups in total. The molecule has 0 fully saturated rings. The number of pyridine rings is 1. The quantitative estimate of drug-likeness (QED) is 0.196. The fourth-order valence-corrected chi connectivity index (χ4v) is 6.39. The number of para-hydroxylation sites is 1. The van der Waals surface area contributed by atoms with Gasteiger partial charge in [0.1, 0.15) is 5.58 Å². The second-order valence-electron chi connectivity index (χ2n) is 11.5. The third-order valence-electron chi connectivity index (χ3n) is 8.65. The molecule has 0 amide bonds. The second kappa shape index (κ2) is 11.2. The molecule has 3 aromatic heterocycles. The second-order valence-corrected chi connectivity index (χ2v) is 11.5. The van der Waals surface area contributed by atoms with Crippen LogP contribution in [0.3, 0.4) is 0 Å². The van der Waals surface area contributed by atoms with E-state index in [1.807, 2.05) is 85.1 Å². The fraction of sp³-hybridized carbons (Fsp3) is 0. The van der Waals surface area contributed by atoms with Gasteiger partial charge in [0.05, 0.1) is 5.39 Å². The van der Waals surface area contributed by atoms with Gasteiger partial charge >= 0.3 is 0 Å². The van der Waals surface area contributed by atoms with Crippen molar-refractivity contribution in [2.45, 2.75) is 0 Å². The molecular formula is C42H26N4O. The van der Waals surface area contributed by atoms with Gasteiger partial charge in [-0.3, -0.25) is 0 Å². The van der Waals surface area contributed by atoms with Gasteiger partial charge in [-0.25, -0.2) is 19.9 Å². The highest BCUT2D eigenvalue weighted by Gasteiger charge is 2.17. The Bertz CT molecular complexity index is 2500. The summed E-state index contributed by atoms with van der Waals surface area (Å²) in [5, 5.41) is 4.45. The van der Waals surface area contributed by atoms with Gasteiger partial charge in [-0.15, -0.1) is 0 Å². The van der Waals surface area contributed by atoms with Crippen molar-refractivity contribution < 1.29 is 4.42 Å². The van der Waals surface area contributed by atoms with E-state index in [1.165, 1.54) is 10.8 Å². The number of aromatic nitrogens is 4. The van der Waals surface area contributed by atoms with Crippen LogP contribution in [0.25, 0.3) is 89.3 Å². The van der Waals surface area contributed by atoms with Gasteiger partial charge in [0.2, 0.25) is 5.71 Å². The van der Waals surface area contributed by atoms with E-state index in [0.29, 0.717) is 23.2 Å². The molecule has 5 heteroatoms. The van der Waals surface area contributed by atoms with Crippen molar-refractivity contribution >= 4 is 32.8 Å². The maximum absolute atomic E-state index is 6.11. The summed E-state index contributed by atoms with van der Waals surface area (Å²) < 4.78 is 6.11. The van der Waals surface area contributed by atoms with Crippen molar-refractivity contribution in [3.8, 4) is 56.4 Å². The van der Waals surface area contributed by atoms with Gasteiger partial charge in [-0.2, -0.15) is 0 Å². The van der Waals surface area contributed by atoms with Crippen LogP contribution in [-0.4, -0.2) is 19.9 Å². The van der Waals surface area contributed by atoms with Gasteiger partial charge in [-0.05, 0) is 45.2 Å². The van der Waals surface area contributed by atoms with Crippen LogP contribution in [0.1, 0.15) is 0 Å². The molecule has 0 radical (unpaired) electrons. The van der Waals surface area contributed by atoms with Gasteiger partial charge < -0.3 is 4.42 Å². The molecule has 220 valence electrons. The first-order valence-corrected chi connectivity index (χ1v) is 15.6. The van der Waals surface area contributed by atoms with Crippen LogP contribution in [-0.2, 0) is 0 Å². The zero-order chi connectivity index (χ0) is 31.2. The highest BCUT2D eigenvalue weighted by molar-refractivity contribution is 6.15. The van der Waals surface area contributed by atoms with Crippen molar-refractivity contribution in [2.75, 3.05) is 0 Å². The summed E-state index contributed by atoms with van der Waals surface area (Å²) in [6, 6.07) is 51.8. The average Bonchev–Trinajstić information content (AvgIpc) is 3.54. The number of fused-ring (bicyclic) bond motifs is 4. The lowest BCUT2D eigenvalue weighted by Crippen LogP contribution is -2.00. The zero-order valence-electron chi connectivity index (χ0n) is 25.2. The van der Waals surface area contributed by atoms with Gasteiger partial charge in [-0.1, -0.05) is 140 Å². The molecular weight excluding hydrogens is 576 g/mol. The normalized spacial score (nSPS) is 11.4. The van der Waals surface area contributed by atoms with Crippen LogP contribution < -0.4 is 0 Å². The smallest absolute Gasteiger partial charge is 0.227 e. The minimum atomic E-state index is 0.638. The first kappa shape index (κ1) is 26.9. The Hall–Kier alpha value is -6.46. The SMILES string of the molecule is c1ccc(-c2nc(-c3ccccc3)nc(-c3ccc(-c4ccc(-c5ccnc6oc7ccccc7c56)c5ccccc45)cc3)n2)cc1. The lowest BCUT2D eigenvalue weighted by Gasteiger charge is -2.13. The molecule has 0 saturated carbocycles. The fourth-order valence-electron chi connectivity index (χ4n) is 6.39. The number of benzene rings is 6. The summed E-state index contributed by atoms with van der Waals surface area (Å²) in [6.45, 7) is 0. The predicted octanol–water partition coefficient (Wildman–Crippen LogP) is 10.7. The van der Waals surface area contributed by atoms with Crippen molar-refractivity contribution in [1.82, 2.24) is 19.9 Å². The van der Waals surface area contributed by atoms with Crippen molar-refractivity contribution in [3.63, 3.8) is 0 Å². The number of hydrogen-bond acceptors (Lipinski definition) is 5. The van der Waals surface area contributed by atoms with Crippen molar-refractivity contribution in [1.29, 1.82) is 0 Å². The Morgan fingerprint density at radius 1 is 0.362 bits per heavy atom. The molecule has 0 aliphatic rings. The number of hydrogen-bond donors (Lipinski definition) is 0. The summed E-state index contributed by atoms with van der Waals surface area (Å²) in [6.07, 6.45) is 1.83. The van der Waals surface area contributed by atoms with Crippen molar-refractivity contribution in [3.05, 3.63) is 158 Å². The topological polar surface area (TPSA) is 64.7 Å². The van der Waals surface area contributed by atoms with E-state index in [9.17, 15) is 0 Å². The molecule has 9 rings (SSSR count). The molecule has 0 aliphatic carbocycles. The summed E-state index contributed by atoms with van der Waals surface area (Å²) in [7, 11) is 0. The van der Waals surface area contributed by atoms with Gasteiger partial charge in [0.15, 0.2) is 17.5 Å². The van der Waals surface area contributed by atoms with Crippen LogP contribution in [0, 0.1) is 0 Å². The third kappa shape index (κ3) is 4.73. The Balaban J connectivity index is 1.15. The molecule has 0 atom stereocenters. The molecule has 0 bridgehead atoms. The molecule has 3 heterocycles. The van der Waals surface area contributed by atoms with Crippen LogP contribution >= 0.6 is 0 Å². The van der Waals surface area contributed by atoms with Crippen molar-refractivity contribution in [2.24, 2.45) is 0 Å². The van der Waals surface area contributed by atoms with Gasteiger partial charge in [0, 0.05) is 28.3 Å². The molecule has 47 heavy (non-hydrogen) atoms. The molecule has 0 spiro atoms. The van der Waals surface area contributed by atoms with E-state index in [-0.39, 0.29) is 0 Å². The highest BCUT2D eigenvalue weighted by atomic mass is 16.3. The van der Waals surface area contributed by atoms with E-state index in [1.54, 1.807) is 0 Å². The first-order valence-electron chi connectivity index (χ1n) is 15.6. The van der Waals surface area contributed by atoms with E-state index in [0.717, 1.165) is 55.3 Å². The van der Waals surface area contributed by atoms with Crippen LogP contribution in [0.2, 0.25) is 0 Å². The Morgan fingerprint density at radius 2 is 0.851 bits per heavy atom. The first-order chi connectivity index (χ1) is 23.3. The molecule has 9 aromatic rings. The van der Waals surface area contributed by atoms with Gasteiger partial charge in [0.25, 0.3) is 0 Å². The molecule has 5 nitrogen and oxygen atoms in total. The Morgan fingerprint density at radius 3 is 1.49 bits per heavy atom. The molecule has 0 saturated heterocycles. The van der Waals surface area contributed by atoms with Crippen LogP contribution in [0.4, 0.5) is 0 Å². The Kier molecular flexibility index (Phi) is 6.39. The van der Waals surface area contributed by atoms with E-state index in [4.69, 9.17) is 19.4 Å².